The van der Waals surface area contributed by atoms with Gasteiger partial charge in [0.1, 0.15) is 6.04 Å². The van der Waals surface area contributed by atoms with E-state index in [9.17, 15) is 4.79 Å². The average Bonchev–Trinajstić information content (AvgIpc) is 1.69. The highest BCUT2D eigenvalue weighted by atomic mass is 127. The van der Waals surface area contributed by atoms with Crippen LogP contribution in [-0.2, 0) is 4.79 Å². The zero-order valence-electron chi connectivity index (χ0n) is 4.10. The third-order valence-electron chi connectivity index (χ3n) is 0.666. The molecule has 4 N–H and O–H groups in total. The van der Waals surface area contributed by atoms with Crippen molar-refractivity contribution in [2.75, 3.05) is 6.54 Å². The van der Waals surface area contributed by atoms with Gasteiger partial charge in [-0.05, 0) is 0 Å². The van der Waals surface area contributed by atoms with Crippen LogP contribution in [-0.4, -0.2) is 23.7 Å². The molecule has 0 aliphatic carbocycles. The van der Waals surface area contributed by atoms with Crippen LogP contribution in [0.3, 0.4) is 0 Å². The Labute approximate surface area is 60.9 Å². The molecule has 5 heteroatoms. The Kier molecular flexibility index (Phi) is 4.11. The molecule has 48 valence electrons. The van der Waals surface area contributed by atoms with Crippen LogP contribution in [0.25, 0.3) is 0 Å². The molecule has 0 rings (SSSR count). The van der Waals surface area contributed by atoms with Crippen LogP contribution in [0.4, 0.5) is 0 Å². The predicted molar refractivity (Wildman–Crippen MR) is 37.6 cm³/mol. The molecular weight excluding hydrogens is 223 g/mol. The van der Waals surface area contributed by atoms with Gasteiger partial charge in [0.25, 0.3) is 0 Å². The summed E-state index contributed by atoms with van der Waals surface area (Å²) in [6, 6.07) is -0.615. The zero-order chi connectivity index (χ0) is 6.57. The summed E-state index contributed by atoms with van der Waals surface area (Å²) in [7, 11) is 0. The van der Waals surface area contributed by atoms with Crippen molar-refractivity contribution >= 4 is 28.8 Å². The van der Waals surface area contributed by atoms with Gasteiger partial charge in [0.2, 0.25) is 0 Å². The molecule has 0 unspecified atom stereocenters. The minimum absolute atomic E-state index is 0.123. The summed E-state index contributed by atoms with van der Waals surface area (Å²) in [6.45, 7) is 0.123. The Balaban J connectivity index is 3.52. The lowest BCUT2D eigenvalue weighted by atomic mass is 10.3. The van der Waals surface area contributed by atoms with Crippen molar-refractivity contribution in [3.8, 4) is 0 Å². The summed E-state index contributed by atoms with van der Waals surface area (Å²) in [5, 5.41) is 8.23. The molecule has 1 atom stereocenters. The fourth-order valence-corrected chi connectivity index (χ4v) is 0.713. The minimum atomic E-state index is -0.915. The number of hydrogen-bond acceptors (Lipinski definition) is 3. The first-order valence-electron chi connectivity index (χ1n) is 2.01. The Morgan fingerprint density at radius 3 is 2.50 bits per heavy atom. The molecular formula is C3H7IN2O2. The number of carboxylic acid groups (broad SMARTS) is 1. The number of hydrogen-bond donors (Lipinski definition) is 3. The summed E-state index contributed by atoms with van der Waals surface area (Å²) in [4.78, 5) is 10.0. The maximum atomic E-state index is 10.0. The van der Waals surface area contributed by atoms with Crippen molar-refractivity contribution in [2.24, 2.45) is 5.73 Å². The number of nitrogens with one attached hydrogen (secondary N) is 1. The van der Waals surface area contributed by atoms with Crippen LogP contribution in [0.1, 0.15) is 0 Å². The number of nitrogens with two attached hydrogens (primary N) is 1. The van der Waals surface area contributed by atoms with E-state index in [2.05, 4.69) is 3.53 Å². The van der Waals surface area contributed by atoms with Crippen molar-refractivity contribution in [2.45, 2.75) is 6.04 Å². The molecule has 0 heterocycles. The van der Waals surface area contributed by atoms with Crippen molar-refractivity contribution in [3.63, 3.8) is 0 Å². The fraction of sp³-hybridized carbons (Fsp3) is 0.667. The zero-order valence-corrected chi connectivity index (χ0v) is 6.25. The van der Waals surface area contributed by atoms with Crippen molar-refractivity contribution < 1.29 is 9.90 Å². The van der Waals surface area contributed by atoms with Crippen molar-refractivity contribution in [1.82, 2.24) is 3.53 Å². The predicted octanol–water partition coefficient (Wildman–Crippen LogP) is -0.662. The van der Waals surface area contributed by atoms with Gasteiger partial charge in [-0.2, -0.15) is 0 Å². The first-order valence-corrected chi connectivity index (χ1v) is 3.09. The Morgan fingerprint density at radius 2 is 2.50 bits per heavy atom. The fourth-order valence-electron chi connectivity index (χ4n) is 0.192. The summed E-state index contributed by atoms with van der Waals surface area (Å²) < 4.78 is 2.50. The van der Waals surface area contributed by atoms with Crippen LogP contribution in [0.5, 0.6) is 0 Å². The number of carboxylic acids is 1. The normalized spacial score (nSPS) is 13.2. The Hall–Kier alpha value is 0.120. The van der Waals surface area contributed by atoms with E-state index in [1.807, 2.05) is 0 Å². The molecule has 0 aliphatic heterocycles. The highest BCUT2D eigenvalue weighted by Gasteiger charge is 2.11. The second-order valence-electron chi connectivity index (χ2n) is 1.24. The molecule has 0 aromatic heterocycles. The molecule has 0 bridgehead atoms. The Bertz CT molecular complexity index is 83.4. The Morgan fingerprint density at radius 1 is 2.00 bits per heavy atom. The molecule has 0 spiro atoms. The lowest BCUT2D eigenvalue weighted by Gasteiger charge is -2.03. The van der Waals surface area contributed by atoms with Crippen molar-refractivity contribution in [3.05, 3.63) is 0 Å². The van der Waals surface area contributed by atoms with E-state index in [-0.39, 0.29) is 6.54 Å². The number of carbonyl (C=O) groups is 1. The molecule has 0 radical (unpaired) electrons. The lowest BCUT2D eigenvalue weighted by molar-refractivity contribution is -0.138. The highest BCUT2D eigenvalue weighted by molar-refractivity contribution is 14.1. The summed E-state index contributed by atoms with van der Waals surface area (Å²) >= 11 is 1.75. The molecule has 4 nitrogen and oxygen atoms in total. The molecule has 0 amide bonds. The van der Waals surface area contributed by atoms with Gasteiger partial charge in [-0.15, -0.1) is 0 Å². The van der Waals surface area contributed by atoms with Crippen LogP contribution >= 0.6 is 22.9 Å². The first-order chi connectivity index (χ1) is 3.72. The smallest absolute Gasteiger partial charge is 0.322 e. The quantitative estimate of drug-likeness (QED) is 0.444. The average molecular weight is 230 g/mol. The topological polar surface area (TPSA) is 75.3 Å². The minimum Gasteiger partial charge on any atom is -0.480 e. The molecule has 0 fully saturated rings. The van der Waals surface area contributed by atoms with Gasteiger partial charge in [0, 0.05) is 29.4 Å². The van der Waals surface area contributed by atoms with E-state index in [1.54, 1.807) is 22.9 Å². The van der Waals surface area contributed by atoms with Gasteiger partial charge in [-0.1, -0.05) is 0 Å². The first kappa shape index (κ1) is 8.12. The molecule has 8 heavy (non-hydrogen) atoms. The third-order valence-corrected chi connectivity index (χ3v) is 1.42. The van der Waals surface area contributed by atoms with Crippen LogP contribution < -0.4 is 9.26 Å². The largest absolute Gasteiger partial charge is 0.480 e. The van der Waals surface area contributed by atoms with Crippen molar-refractivity contribution in [1.29, 1.82) is 0 Å². The van der Waals surface area contributed by atoms with E-state index < -0.39 is 12.0 Å². The van der Waals surface area contributed by atoms with Crippen LogP contribution in [0.15, 0.2) is 0 Å². The van der Waals surface area contributed by atoms with E-state index in [4.69, 9.17) is 10.8 Å². The second-order valence-corrected chi connectivity index (χ2v) is 1.86. The summed E-state index contributed by atoms with van der Waals surface area (Å²) in [5.41, 5.74) is 5.04. The van der Waals surface area contributed by atoms with E-state index in [0.717, 1.165) is 0 Å². The van der Waals surface area contributed by atoms with Gasteiger partial charge in [0.05, 0.1) is 0 Å². The van der Waals surface area contributed by atoms with Crippen LogP contribution in [0, 0.1) is 0 Å². The molecule has 0 saturated carbocycles. The highest BCUT2D eigenvalue weighted by Crippen LogP contribution is 1.82. The third kappa shape index (κ3) is 2.43. The van der Waals surface area contributed by atoms with E-state index in [0.29, 0.717) is 0 Å². The van der Waals surface area contributed by atoms with Gasteiger partial charge >= 0.3 is 5.97 Å². The lowest BCUT2D eigenvalue weighted by Crippen LogP contribution is -2.37. The maximum absolute atomic E-state index is 10.0. The molecule has 0 saturated heterocycles. The van der Waals surface area contributed by atoms with E-state index >= 15 is 0 Å². The monoisotopic (exact) mass is 230 g/mol. The molecule has 0 aliphatic rings. The van der Waals surface area contributed by atoms with Gasteiger partial charge in [0.15, 0.2) is 0 Å². The summed E-state index contributed by atoms with van der Waals surface area (Å²) in [6.07, 6.45) is 0. The summed E-state index contributed by atoms with van der Waals surface area (Å²) in [5.74, 6) is -0.915. The molecule has 0 aromatic carbocycles. The standard InChI is InChI=1S/C3H7IN2O2/c4-6-2(1-5)3(7)8/h2,6H,1,5H2,(H,7,8)/t2-/m0/s1. The van der Waals surface area contributed by atoms with Gasteiger partial charge in [-0.3, -0.25) is 4.79 Å². The number of halogens is 1. The number of rotatable bonds is 3. The van der Waals surface area contributed by atoms with Crippen LogP contribution in [0.2, 0.25) is 0 Å². The maximum Gasteiger partial charge on any atom is 0.322 e. The second kappa shape index (κ2) is 4.04. The molecule has 0 aromatic rings. The number of aliphatic carboxylic acids is 1. The van der Waals surface area contributed by atoms with E-state index in [1.165, 1.54) is 0 Å². The van der Waals surface area contributed by atoms with Gasteiger partial charge in [-0.25, -0.2) is 3.53 Å². The van der Waals surface area contributed by atoms with Gasteiger partial charge < -0.3 is 10.8 Å². The SMILES string of the molecule is NC[C@H](NI)C(=O)O.